The van der Waals surface area contributed by atoms with Crippen molar-refractivity contribution in [1.82, 2.24) is 15.2 Å². The average molecular weight is 410 g/mol. The summed E-state index contributed by atoms with van der Waals surface area (Å²) in [6.07, 6.45) is 0.515. The van der Waals surface area contributed by atoms with Crippen LogP contribution >= 0.6 is 11.8 Å². The van der Waals surface area contributed by atoms with Crippen LogP contribution in [0.4, 0.5) is 5.69 Å². The first-order valence-corrected chi connectivity index (χ1v) is 10.3. The Bertz CT molecular complexity index is 1010. The lowest BCUT2D eigenvalue weighted by atomic mass is 10.1. The highest BCUT2D eigenvalue weighted by Gasteiger charge is 2.28. The number of benzene rings is 2. The molecule has 0 amide bonds. The molecule has 1 aromatic heterocycles. The number of ether oxygens (including phenoxy) is 3. The minimum atomic E-state index is -0.515. The first kappa shape index (κ1) is 19.3. The fraction of sp³-hybridized carbons (Fsp3) is 0.286. The van der Waals surface area contributed by atoms with Gasteiger partial charge in [-0.1, -0.05) is 36.9 Å². The summed E-state index contributed by atoms with van der Waals surface area (Å²) < 4.78 is 17.2. The smallest absolute Gasteiger partial charge is 0.247 e. The Labute approximate surface area is 173 Å². The summed E-state index contributed by atoms with van der Waals surface area (Å²) in [5.41, 5.74) is 3.23. The maximum atomic E-state index is 6.30. The molecule has 1 atom stereocenters. The van der Waals surface area contributed by atoms with E-state index in [9.17, 15) is 0 Å². The van der Waals surface area contributed by atoms with E-state index in [1.165, 1.54) is 0 Å². The third-order valence-electron chi connectivity index (χ3n) is 4.49. The normalized spacial score (nSPS) is 14.7. The fourth-order valence-corrected chi connectivity index (χ4v) is 3.71. The summed E-state index contributed by atoms with van der Waals surface area (Å²) in [6, 6.07) is 13.5. The van der Waals surface area contributed by atoms with E-state index < -0.39 is 6.23 Å². The maximum Gasteiger partial charge on any atom is 0.247 e. The molecule has 0 saturated carbocycles. The Hall–Kier alpha value is -3.00. The molecule has 0 saturated heterocycles. The largest absolute Gasteiger partial charge is 0.497 e. The number of hydrogen-bond acceptors (Lipinski definition) is 8. The second-order valence-electron chi connectivity index (χ2n) is 6.39. The summed E-state index contributed by atoms with van der Waals surface area (Å²) in [5, 5.41) is 12.7. The Morgan fingerprint density at radius 1 is 1.10 bits per heavy atom. The highest BCUT2D eigenvalue weighted by molar-refractivity contribution is 7.99. The fourth-order valence-electron chi connectivity index (χ4n) is 3.08. The number of rotatable bonds is 6. The van der Waals surface area contributed by atoms with Gasteiger partial charge in [-0.3, -0.25) is 0 Å². The van der Waals surface area contributed by atoms with Gasteiger partial charge in [-0.05, 0) is 24.6 Å². The van der Waals surface area contributed by atoms with Crippen LogP contribution in [-0.4, -0.2) is 35.2 Å². The van der Waals surface area contributed by atoms with Crippen LogP contribution in [0, 0.1) is 0 Å². The Morgan fingerprint density at radius 3 is 2.76 bits per heavy atom. The topological polar surface area (TPSA) is 78.4 Å². The van der Waals surface area contributed by atoms with E-state index in [2.05, 4.69) is 27.4 Å². The third kappa shape index (κ3) is 3.93. The van der Waals surface area contributed by atoms with Crippen molar-refractivity contribution >= 4 is 17.4 Å². The van der Waals surface area contributed by atoms with Gasteiger partial charge >= 0.3 is 0 Å². The number of hydrogen-bond donors (Lipinski definition) is 1. The molecule has 3 aromatic rings. The molecule has 1 aliphatic rings. The highest BCUT2D eigenvalue weighted by Crippen LogP contribution is 2.41. The Kier molecular flexibility index (Phi) is 5.71. The van der Waals surface area contributed by atoms with Crippen molar-refractivity contribution in [3.8, 4) is 28.6 Å². The van der Waals surface area contributed by atoms with E-state index in [-0.39, 0.29) is 0 Å². The van der Waals surface area contributed by atoms with Gasteiger partial charge < -0.3 is 19.5 Å². The molecule has 0 bridgehead atoms. The van der Waals surface area contributed by atoms with Crippen molar-refractivity contribution in [2.24, 2.45) is 0 Å². The van der Waals surface area contributed by atoms with Gasteiger partial charge in [0.05, 0.1) is 19.8 Å². The minimum Gasteiger partial charge on any atom is -0.497 e. The van der Waals surface area contributed by atoms with Gasteiger partial charge in [-0.15, -0.1) is 10.2 Å². The molecule has 7 nitrogen and oxygen atoms in total. The zero-order valence-corrected chi connectivity index (χ0v) is 17.3. The van der Waals surface area contributed by atoms with Crippen molar-refractivity contribution in [1.29, 1.82) is 0 Å². The van der Waals surface area contributed by atoms with Crippen LogP contribution in [0.1, 0.15) is 25.1 Å². The summed E-state index contributed by atoms with van der Waals surface area (Å²) in [7, 11) is 3.25. The average Bonchev–Trinajstić information content (AvgIpc) is 2.93. The molecule has 4 rings (SSSR count). The summed E-state index contributed by atoms with van der Waals surface area (Å²) in [4.78, 5) is 4.64. The lowest BCUT2D eigenvalue weighted by Gasteiger charge is -2.21. The predicted octanol–water partition coefficient (Wildman–Crippen LogP) is 4.56. The number of para-hydroxylation sites is 1. The van der Waals surface area contributed by atoms with Gasteiger partial charge in [0.15, 0.2) is 5.69 Å². The summed E-state index contributed by atoms with van der Waals surface area (Å²) >= 11 is 1.56. The number of fused-ring (bicyclic) bond motifs is 3. The lowest BCUT2D eigenvalue weighted by molar-refractivity contribution is 0.219. The Morgan fingerprint density at radius 2 is 1.97 bits per heavy atom. The number of aromatic nitrogens is 3. The van der Waals surface area contributed by atoms with Gasteiger partial charge in [-0.2, -0.15) is 4.98 Å². The molecule has 2 heterocycles. The van der Waals surface area contributed by atoms with Crippen molar-refractivity contribution < 1.29 is 14.2 Å². The predicted molar refractivity (Wildman–Crippen MR) is 113 cm³/mol. The van der Waals surface area contributed by atoms with Crippen molar-refractivity contribution in [2.45, 2.75) is 24.7 Å². The van der Waals surface area contributed by atoms with E-state index in [0.717, 1.165) is 29.0 Å². The summed E-state index contributed by atoms with van der Waals surface area (Å²) in [5.74, 6) is 2.73. The molecule has 1 N–H and O–H groups in total. The van der Waals surface area contributed by atoms with Crippen LogP contribution in [0.3, 0.4) is 0 Å². The second kappa shape index (κ2) is 8.57. The van der Waals surface area contributed by atoms with E-state index >= 15 is 0 Å². The zero-order valence-electron chi connectivity index (χ0n) is 16.5. The van der Waals surface area contributed by atoms with Gasteiger partial charge in [0.1, 0.15) is 11.5 Å². The van der Waals surface area contributed by atoms with Gasteiger partial charge in [-0.25, -0.2) is 0 Å². The van der Waals surface area contributed by atoms with Crippen LogP contribution in [0.25, 0.3) is 11.3 Å². The number of methoxy groups -OCH3 is 2. The van der Waals surface area contributed by atoms with Crippen LogP contribution < -0.4 is 19.5 Å². The highest BCUT2D eigenvalue weighted by atomic mass is 32.2. The third-order valence-corrected chi connectivity index (χ3v) is 5.54. The number of nitrogens with zero attached hydrogens (tertiary/aromatic N) is 3. The molecule has 150 valence electrons. The van der Waals surface area contributed by atoms with Gasteiger partial charge in [0.25, 0.3) is 0 Å². The first-order chi connectivity index (χ1) is 14.2. The van der Waals surface area contributed by atoms with Crippen LogP contribution in [0.15, 0.2) is 47.6 Å². The molecule has 0 radical (unpaired) electrons. The van der Waals surface area contributed by atoms with Crippen LogP contribution in [0.2, 0.25) is 0 Å². The molecule has 1 aliphatic heterocycles. The SMILES string of the molecule is CCCSc1nnc2c(n1)OC(c1ccc(OC)cc1OC)Nc1ccccc1-2. The standard InChI is InChI=1S/C21H22N4O3S/c1-4-11-29-21-23-20-18(24-25-21)14-7-5-6-8-16(14)22-19(28-20)15-10-9-13(26-2)12-17(15)27-3/h5-10,12,19,22H,4,11H2,1-3H3. The first-order valence-electron chi connectivity index (χ1n) is 9.35. The monoisotopic (exact) mass is 410 g/mol. The molecule has 8 heteroatoms. The van der Waals surface area contributed by atoms with Crippen LogP contribution in [0.5, 0.6) is 17.4 Å². The molecular weight excluding hydrogens is 388 g/mol. The van der Waals surface area contributed by atoms with E-state index in [0.29, 0.717) is 28.2 Å². The molecular formula is C21H22N4O3S. The van der Waals surface area contributed by atoms with Crippen molar-refractivity contribution in [2.75, 3.05) is 25.3 Å². The van der Waals surface area contributed by atoms with Crippen molar-refractivity contribution in [3.63, 3.8) is 0 Å². The van der Waals surface area contributed by atoms with Crippen molar-refractivity contribution in [3.05, 3.63) is 48.0 Å². The van der Waals surface area contributed by atoms with Gasteiger partial charge in [0.2, 0.25) is 17.3 Å². The number of nitrogens with one attached hydrogen (secondary N) is 1. The Balaban J connectivity index is 1.80. The second-order valence-corrected chi connectivity index (χ2v) is 7.45. The van der Waals surface area contributed by atoms with Gasteiger partial charge in [0, 0.05) is 23.1 Å². The molecule has 1 unspecified atom stereocenters. The quantitative estimate of drug-likeness (QED) is 0.593. The lowest BCUT2D eigenvalue weighted by Crippen LogP contribution is -2.18. The molecule has 0 fully saturated rings. The van der Waals surface area contributed by atoms with E-state index in [1.54, 1.807) is 26.0 Å². The molecule has 29 heavy (non-hydrogen) atoms. The number of anilines is 1. The van der Waals surface area contributed by atoms with Crippen LogP contribution in [-0.2, 0) is 0 Å². The van der Waals surface area contributed by atoms with E-state index in [1.807, 2.05) is 42.5 Å². The maximum absolute atomic E-state index is 6.30. The van der Waals surface area contributed by atoms with E-state index in [4.69, 9.17) is 14.2 Å². The number of thioether (sulfide) groups is 1. The molecule has 0 aliphatic carbocycles. The summed E-state index contributed by atoms with van der Waals surface area (Å²) in [6.45, 7) is 2.12. The minimum absolute atomic E-state index is 0.443. The molecule has 2 aromatic carbocycles. The zero-order chi connectivity index (χ0) is 20.2. The molecule has 0 spiro atoms.